The maximum atomic E-state index is 11.9. The minimum absolute atomic E-state index is 0.104. The first-order chi connectivity index (χ1) is 13.5. The summed E-state index contributed by atoms with van der Waals surface area (Å²) in [6.45, 7) is 3.54. The molecule has 6 nitrogen and oxygen atoms in total. The van der Waals surface area contributed by atoms with E-state index >= 15 is 0 Å². The molecule has 0 atom stereocenters. The molecule has 1 saturated heterocycles. The maximum absolute atomic E-state index is 11.9. The van der Waals surface area contributed by atoms with Crippen LogP contribution in [0, 0.1) is 16.0 Å². The Balaban J connectivity index is 1.69. The van der Waals surface area contributed by atoms with Crippen LogP contribution in [-0.2, 0) is 11.2 Å². The minimum atomic E-state index is 0.104. The lowest BCUT2D eigenvalue weighted by Gasteiger charge is -2.25. The van der Waals surface area contributed by atoms with Gasteiger partial charge in [0.1, 0.15) is 16.3 Å². The number of anilines is 2. The van der Waals surface area contributed by atoms with E-state index in [0.29, 0.717) is 16.6 Å². The van der Waals surface area contributed by atoms with Crippen molar-refractivity contribution >= 4 is 29.5 Å². The Morgan fingerprint density at radius 2 is 1.82 bits per heavy atom. The molecule has 1 amide bonds. The van der Waals surface area contributed by atoms with Crippen LogP contribution < -0.4 is 9.80 Å². The molecule has 0 spiro atoms. The summed E-state index contributed by atoms with van der Waals surface area (Å²) in [6, 6.07) is 12.4. The molecule has 1 fully saturated rings. The van der Waals surface area contributed by atoms with Crippen molar-refractivity contribution in [1.29, 1.82) is 5.26 Å². The number of benzene rings is 1. The summed E-state index contributed by atoms with van der Waals surface area (Å²) in [5, 5.41) is 9.45. The lowest BCUT2D eigenvalue weighted by atomic mass is 10.1. The number of likely N-dealkylation sites (N-methyl/N-ethyl adjacent to an activating group) is 1. The summed E-state index contributed by atoms with van der Waals surface area (Å²) in [6.07, 6.45) is 3.22. The number of pyridine rings is 1. The number of aromatic nitrogens is 1. The molecule has 1 aliphatic heterocycles. The molecule has 0 unspecified atom stereocenters. The Bertz CT molecular complexity index is 929. The minimum Gasteiger partial charge on any atom is -0.370 e. The summed E-state index contributed by atoms with van der Waals surface area (Å²) in [7, 11) is 3.55. The first-order valence-corrected chi connectivity index (χ1v) is 9.81. The van der Waals surface area contributed by atoms with Crippen LogP contribution in [0.3, 0.4) is 0 Å². The summed E-state index contributed by atoms with van der Waals surface area (Å²) in [5.41, 5.74) is 3.64. The lowest BCUT2D eigenvalue weighted by Crippen LogP contribution is -2.31. The van der Waals surface area contributed by atoms with Crippen molar-refractivity contribution in [2.75, 3.05) is 50.1 Å². The number of rotatable bonds is 4. The summed E-state index contributed by atoms with van der Waals surface area (Å²) >= 11 is 5.26. The molecule has 3 rings (SSSR count). The molecule has 1 aromatic carbocycles. The van der Waals surface area contributed by atoms with Crippen LogP contribution in [0.2, 0.25) is 0 Å². The van der Waals surface area contributed by atoms with Gasteiger partial charge in [0, 0.05) is 52.2 Å². The number of nitrogens with one attached hydrogen (secondary N) is 1. The quantitative estimate of drug-likeness (QED) is 0.807. The zero-order valence-corrected chi connectivity index (χ0v) is 17.1. The standard InChI is InChI=1S/C21H25N5OS/c1-24(2)20(27)14-16-4-6-17(7-5-16)25-10-3-11-26(13-12-25)19-8-9-23-21(28)18(19)15-22/h4-9H,3,10-14H2,1-2H3,(H,23,28). The monoisotopic (exact) mass is 395 g/mol. The van der Waals surface area contributed by atoms with Gasteiger partial charge in [-0.1, -0.05) is 24.4 Å². The highest BCUT2D eigenvalue weighted by molar-refractivity contribution is 7.71. The van der Waals surface area contributed by atoms with Crippen LogP contribution in [0.5, 0.6) is 0 Å². The van der Waals surface area contributed by atoms with Crippen molar-refractivity contribution < 1.29 is 4.79 Å². The number of H-pyrrole nitrogens is 1. The number of nitrogens with zero attached hydrogens (tertiary/aromatic N) is 4. The number of aromatic amines is 1. The molecule has 0 radical (unpaired) electrons. The molecular weight excluding hydrogens is 370 g/mol. The number of carbonyl (C=O) groups excluding carboxylic acids is 1. The molecule has 1 aromatic heterocycles. The van der Waals surface area contributed by atoms with Crippen LogP contribution in [0.4, 0.5) is 11.4 Å². The van der Waals surface area contributed by atoms with E-state index in [1.807, 2.05) is 18.2 Å². The fraction of sp³-hybridized carbons (Fsp3) is 0.381. The summed E-state index contributed by atoms with van der Waals surface area (Å²) in [5.74, 6) is 0.104. The van der Waals surface area contributed by atoms with Crippen LogP contribution in [0.15, 0.2) is 36.5 Å². The van der Waals surface area contributed by atoms with Gasteiger partial charge in [-0.05, 0) is 30.2 Å². The van der Waals surface area contributed by atoms with Crippen molar-refractivity contribution in [3.63, 3.8) is 0 Å². The molecule has 0 bridgehead atoms. The van der Waals surface area contributed by atoms with Crippen molar-refractivity contribution in [2.45, 2.75) is 12.8 Å². The Hall–Kier alpha value is -2.85. The number of amides is 1. The Labute approximate surface area is 171 Å². The molecule has 0 saturated carbocycles. The zero-order valence-electron chi connectivity index (χ0n) is 16.3. The topological polar surface area (TPSA) is 66.4 Å². The van der Waals surface area contributed by atoms with Crippen LogP contribution >= 0.6 is 12.2 Å². The smallest absolute Gasteiger partial charge is 0.226 e. The first kappa shape index (κ1) is 19.9. The van der Waals surface area contributed by atoms with Crippen molar-refractivity contribution in [3.05, 3.63) is 52.3 Å². The highest BCUT2D eigenvalue weighted by Gasteiger charge is 2.18. The highest BCUT2D eigenvalue weighted by Crippen LogP contribution is 2.23. The van der Waals surface area contributed by atoms with E-state index in [4.69, 9.17) is 12.2 Å². The molecule has 28 heavy (non-hydrogen) atoms. The lowest BCUT2D eigenvalue weighted by molar-refractivity contribution is -0.127. The van der Waals surface area contributed by atoms with Gasteiger partial charge in [0.25, 0.3) is 0 Å². The van der Waals surface area contributed by atoms with Crippen molar-refractivity contribution in [3.8, 4) is 6.07 Å². The van der Waals surface area contributed by atoms with E-state index in [2.05, 4.69) is 33.0 Å². The van der Waals surface area contributed by atoms with Gasteiger partial charge >= 0.3 is 0 Å². The number of carbonyl (C=O) groups is 1. The SMILES string of the molecule is CN(C)C(=O)Cc1ccc(N2CCCN(c3cc[nH]c(=S)c3C#N)CC2)cc1. The Kier molecular flexibility index (Phi) is 6.32. The van der Waals surface area contributed by atoms with E-state index in [9.17, 15) is 10.1 Å². The van der Waals surface area contributed by atoms with E-state index in [1.54, 1.807) is 25.2 Å². The normalized spacial score (nSPS) is 14.3. The zero-order chi connectivity index (χ0) is 20.1. The fourth-order valence-electron chi connectivity index (χ4n) is 3.41. The largest absolute Gasteiger partial charge is 0.370 e. The number of hydrogen-bond acceptors (Lipinski definition) is 5. The van der Waals surface area contributed by atoms with E-state index < -0.39 is 0 Å². The third-order valence-corrected chi connectivity index (χ3v) is 5.36. The van der Waals surface area contributed by atoms with Crippen molar-refractivity contribution in [1.82, 2.24) is 9.88 Å². The fourth-order valence-corrected chi connectivity index (χ4v) is 3.63. The second-order valence-corrected chi connectivity index (χ2v) is 7.55. The molecular formula is C21H25N5OS. The predicted octanol–water partition coefficient (Wildman–Crippen LogP) is 2.96. The molecule has 1 aliphatic rings. The third-order valence-electron chi connectivity index (χ3n) is 5.04. The first-order valence-electron chi connectivity index (χ1n) is 9.40. The maximum Gasteiger partial charge on any atom is 0.226 e. The summed E-state index contributed by atoms with van der Waals surface area (Å²) in [4.78, 5) is 21.0. The van der Waals surface area contributed by atoms with Gasteiger partial charge in [-0.25, -0.2) is 0 Å². The van der Waals surface area contributed by atoms with Crippen molar-refractivity contribution in [2.24, 2.45) is 0 Å². The van der Waals surface area contributed by atoms with Gasteiger partial charge in [0.2, 0.25) is 5.91 Å². The predicted molar refractivity (Wildman–Crippen MR) is 114 cm³/mol. The van der Waals surface area contributed by atoms with Gasteiger partial charge in [-0.2, -0.15) is 5.26 Å². The molecule has 1 N–H and O–H groups in total. The third kappa shape index (κ3) is 4.52. The van der Waals surface area contributed by atoms with Gasteiger partial charge in [0.15, 0.2) is 0 Å². The van der Waals surface area contributed by atoms with E-state index in [0.717, 1.165) is 49.5 Å². The van der Waals surface area contributed by atoms with Crippen LogP contribution in [-0.4, -0.2) is 56.1 Å². The highest BCUT2D eigenvalue weighted by atomic mass is 32.1. The van der Waals surface area contributed by atoms with Crippen LogP contribution in [0.25, 0.3) is 0 Å². The Morgan fingerprint density at radius 3 is 2.50 bits per heavy atom. The van der Waals surface area contributed by atoms with Gasteiger partial charge in [-0.3, -0.25) is 4.79 Å². The Morgan fingerprint density at radius 1 is 1.14 bits per heavy atom. The van der Waals surface area contributed by atoms with Crippen LogP contribution in [0.1, 0.15) is 17.5 Å². The van der Waals surface area contributed by atoms with E-state index in [-0.39, 0.29) is 5.91 Å². The van der Waals surface area contributed by atoms with Gasteiger partial charge < -0.3 is 19.7 Å². The molecule has 2 heterocycles. The number of nitriles is 1. The van der Waals surface area contributed by atoms with Gasteiger partial charge in [0.05, 0.1) is 12.1 Å². The molecule has 7 heteroatoms. The van der Waals surface area contributed by atoms with Gasteiger partial charge in [-0.15, -0.1) is 0 Å². The second kappa shape index (κ2) is 8.89. The molecule has 146 valence electrons. The molecule has 2 aromatic rings. The molecule has 0 aliphatic carbocycles. The average molecular weight is 396 g/mol. The number of hydrogen-bond donors (Lipinski definition) is 1. The average Bonchev–Trinajstić information content (AvgIpc) is 2.94. The second-order valence-electron chi connectivity index (χ2n) is 7.14. The summed E-state index contributed by atoms with van der Waals surface area (Å²) < 4.78 is 0.490. The van der Waals surface area contributed by atoms with E-state index in [1.165, 1.54) is 0 Å².